The van der Waals surface area contributed by atoms with Crippen molar-refractivity contribution in [1.82, 2.24) is 5.43 Å². The smallest absolute Gasteiger partial charge is 0.322 e. The number of hydrogen-bond donors (Lipinski definition) is 3. The van der Waals surface area contributed by atoms with Crippen molar-refractivity contribution in [3.05, 3.63) is 92.9 Å². The van der Waals surface area contributed by atoms with Crippen LogP contribution in [0, 0.1) is 0 Å². The van der Waals surface area contributed by atoms with Crippen LogP contribution >= 0.6 is 34.8 Å². The number of para-hydroxylation sites is 1. The topological polar surface area (TPSA) is 99.7 Å². The Labute approximate surface area is 198 Å². The van der Waals surface area contributed by atoms with Gasteiger partial charge in [-0.2, -0.15) is 5.10 Å². The van der Waals surface area contributed by atoms with Crippen LogP contribution in [0.15, 0.2) is 71.8 Å². The largest absolute Gasteiger partial charge is 0.329 e. The van der Waals surface area contributed by atoms with E-state index in [4.69, 9.17) is 34.8 Å². The van der Waals surface area contributed by atoms with Gasteiger partial charge in [-0.15, -0.1) is 0 Å². The maximum absolute atomic E-state index is 12.6. The van der Waals surface area contributed by atoms with Crippen molar-refractivity contribution in [3.63, 3.8) is 0 Å². The minimum Gasteiger partial charge on any atom is -0.322 e. The highest BCUT2D eigenvalue weighted by Gasteiger charge is 2.18. The highest BCUT2D eigenvalue weighted by Crippen LogP contribution is 2.22. The molecule has 162 valence electrons. The number of carbonyl (C=O) groups excluding carboxylic acids is 3. The number of hydrazone groups is 1. The maximum atomic E-state index is 12.6. The number of carbonyl (C=O) groups is 3. The molecule has 0 saturated carbocycles. The van der Waals surface area contributed by atoms with Crippen LogP contribution in [-0.4, -0.2) is 23.9 Å². The zero-order chi connectivity index (χ0) is 23.1. The van der Waals surface area contributed by atoms with E-state index in [1.54, 1.807) is 54.6 Å². The predicted molar refractivity (Wildman–Crippen MR) is 127 cm³/mol. The average molecular weight is 490 g/mol. The van der Waals surface area contributed by atoms with E-state index < -0.39 is 17.7 Å². The van der Waals surface area contributed by atoms with Gasteiger partial charge in [-0.05, 0) is 48.5 Å². The summed E-state index contributed by atoms with van der Waals surface area (Å²) in [5.74, 6) is -2.54. The highest BCUT2D eigenvalue weighted by molar-refractivity contribution is 6.40. The normalized spacial score (nSPS) is 10.6. The van der Waals surface area contributed by atoms with Crippen LogP contribution in [0.2, 0.25) is 15.1 Å². The number of halogens is 3. The van der Waals surface area contributed by atoms with E-state index in [1.807, 2.05) is 0 Å². The molecule has 32 heavy (non-hydrogen) atoms. The third-order valence-corrected chi connectivity index (χ3v) is 5.00. The summed E-state index contributed by atoms with van der Waals surface area (Å²) in [5.41, 5.74) is 3.31. The van der Waals surface area contributed by atoms with Crippen molar-refractivity contribution in [2.24, 2.45) is 5.10 Å². The molecular weight excluding hydrogens is 475 g/mol. The van der Waals surface area contributed by atoms with Gasteiger partial charge in [0, 0.05) is 16.3 Å². The summed E-state index contributed by atoms with van der Waals surface area (Å²) in [4.78, 5) is 37.0. The number of hydrogen-bond acceptors (Lipinski definition) is 4. The summed E-state index contributed by atoms with van der Waals surface area (Å²) < 4.78 is 0. The van der Waals surface area contributed by atoms with Crippen molar-refractivity contribution in [1.29, 1.82) is 0 Å². The summed E-state index contributed by atoms with van der Waals surface area (Å²) in [6, 6.07) is 17.7. The number of nitrogens with one attached hydrogen (secondary N) is 3. The molecule has 3 N–H and O–H groups in total. The molecule has 3 amide bonds. The summed E-state index contributed by atoms with van der Waals surface area (Å²) in [5, 5.41) is 9.99. The van der Waals surface area contributed by atoms with Gasteiger partial charge in [0.2, 0.25) is 0 Å². The Morgan fingerprint density at radius 2 is 1.41 bits per heavy atom. The first-order valence-electron chi connectivity index (χ1n) is 9.09. The van der Waals surface area contributed by atoms with Gasteiger partial charge >= 0.3 is 11.8 Å². The fraction of sp³-hybridized carbons (Fsp3) is 0. The molecule has 0 unspecified atom stereocenters. The first kappa shape index (κ1) is 23.3. The second kappa shape index (κ2) is 10.8. The molecule has 0 atom stereocenters. The van der Waals surface area contributed by atoms with Gasteiger partial charge in [-0.25, -0.2) is 5.43 Å². The Hall–Kier alpha value is -3.39. The van der Waals surface area contributed by atoms with Gasteiger partial charge in [0.15, 0.2) is 0 Å². The van der Waals surface area contributed by atoms with Crippen LogP contribution in [0.4, 0.5) is 11.4 Å². The third-order valence-electron chi connectivity index (χ3n) is 4.09. The summed E-state index contributed by atoms with van der Waals surface area (Å²) in [7, 11) is 0. The first-order chi connectivity index (χ1) is 15.3. The highest BCUT2D eigenvalue weighted by atomic mass is 35.5. The molecule has 3 rings (SSSR count). The maximum Gasteiger partial charge on any atom is 0.329 e. The molecule has 10 heteroatoms. The summed E-state index contributed by atoms with van der Waals surface area (Å²) >= 11 is 17.9. The Kier molecular flexibility index (Phi) is 7.83. The van der Waals surface area contributed by atoms with Crippen LogP contribution in [0.1, 0.15) is 15.9 Å². The van der Waals surface area contributed by atoms with Crippen molar-refractivity contribution < 1.29 is 14.4 Å². The Morgan fingerprint density at radius 1 is 0.750 bits per heavy atom. The molecule has 0 bridgehead atoms. The van der Waals surface area contributed by atoms with Crippen molar-refractivity contribution in [2.45, 2.75) is 0 Å². The molecule has 0 aliphatic carbocycles. The number of benzene rings is 3. The zero-order valence-electron chi connectivity index (χ0n) is 16.2. The van der Waals surface area contributed by atoms with Gasteiger partial charge < -0.3 is 10.6 Å². The fourth-order valence-corrected chi connectivity index (χ4v) is 3.16. The van der Waals surface area contributed by atoms with Crippen LogP contribution < -0.4 is 16.1 Å². The molecule has 0 saturated heterocycles. The van der Waals surface area contributed by atoms with E-state index >= 15 is 0 Å². The quantitative estimate of drug-likeness (QED) is 0.267. The van der Waals surface area contributed by atoms with Gasteiger partial charge in [0.05, 0.1) is 27.5 Å². The Balaban J connectivity index is 1.66. The molecule has 7 nitrogen and oxygen atoms in total. The lowest BCUT2D eigenvalue weighted by Gasteiger charge is -2.11. The molecule has 0 aliphatic rings. The molecule has 0 spiro atoms. The lowest BCUT2D eigenvalue weighted by atomic mass is 10.1. The number of amides is 3. The zero-order valence-corrected chi connectivity index (χ0v) is 18.5. The van der Waals surface area contributed by atoms with E-state index in [0.717, 1.165) is 0 Å². The minimum absolute atomic E-state index is 0.150. The molecule has 0 radical (unpaired) electrons. The first-order valence-corrected chi connectivity index (χ1v) is 10.2. The van der Waals surface area contributed by atoms with Crippen LogP contribution in [0.25, 0.3) is 0 Å². The lowest BCUT2D eigenvalue weighted by molar-refractivity contribution is -0.136. The van der Waals surface area contributed by atoms with Crippen molar-refractivity contribution in [2.75, 3.05) is 10.6 Å². The van der Waals surface area contributed by atoms with Crippen molar-refractivity contribution in [3.8, 4) is 0 Å². The SMILES string of the molecule is O=C(N/N=C/c1c(Cl)cccc1Cl)C(=O)Nc1ccccc1C(=O)Nc1ccc(Cl)cc1. The van der Waals surface area contributed by atoms with E-state index in [0.29, 0.717) is 26.3 Å². The average Bonchev–Trinajstić information content (AvgIpc) is 2.77. The fourth-order valence-electron chi connectivity index (χ4n) is 2.54. The molecule has 0 fully saturated rings. The number of anilines is 2. The van der Waals surface area contributed by atoms with E-state index in [-0.39, 0.29) is 11.3 Å². The number of rotatable bonds is 5. The monoisotopic (exact) mass is 488 g/mol. The minimum atomic E-state index is -1.04. The molecule has 3 aromatic rings. The van der Waals surface area contributed by atoms with Crippen LogP contribution in [-0.2, 0) is 9.59 Å². The van der Waals surface area contributed by atoms with Crippen molar-refractivity contribution >= 4 is 70.1 Å². The molecule has 0 aliphatic heterocycles. The van der Waals surface area contributed by atoms with Crippen LogP contribution in [0.3, 0.4) is 0 Å². The molecule has 3 aromatic carbocycles. The Morgan fingerprint density at radius 3 is 2.09 bits per heavy atom. The molecule has 0 heterocycles. The summed E-state index contributed by atoms with van der Waals surface area (Å²) in [6.45, 7) is 0. The second-order valence-electron chi connectivity index (χ2n) is 6.30. The van der Waals surface area contributed by atoms with E-state index in [9.17, 15) is 14.4 Å². The Bertz CT molecular complexity index is 1180. The standard InChI is InChI=1S/C22H15Cl3N4O3/c23-13-8-10-14(11-9-13)27-20(30)15-4-1-2-7-19(15)28-21(31)22(32)29-26-12-16-17(24)5-3-6-18(16)25/h1-12H,(H,27,30)(H,28,31)(H,29,32)/b26-12+. The van der Waals surface area contributed by atoms with Gasteiger partial charge in [0.25, 0.3) is 5.91 Å². The second-order valence-corrected chi connectivity index (χ2v) is 7.55. The number of nitrogens with zero attached hydrogens (tertiary/aromatic N) is 1. The van der Waals surface area contributed by atoms with Gasteiger partial charge in [0.1, 0.15) is 0 Å². The third kappa shape index (κ3) is 6.07. The summed E-state index contributed by atoms with van der Waals surface area (Å²) in [6.07, 6.45) is 1.23. The van der Waals surface area contributed by atoms with Crippen LogP contribution in [0.5, 0.6) is 0 Å². The molecule has 0 aromatic heterocycles. The van der Waals surface area contributed by atoms with Gasteiger partial charge in [-0.1, -0.05) is 53.0 Å². The van der Waals surface area contributed by atoms with Gasteiger partial charge in [-0.3, -0.25) is 14.4 Å². The molecular formula is C22H15Cl3N4O3. The van der Waals surface area contributed by atoms with E-state index in [1.165, 1.54) is 18.3 Å². The predicted octanol–water partition coefficient (Wildman–Crippen LogP) is 4.99. The lowest BCUT2D eigenvalue weighted by Crippen LogP contribution is -2.33. The van der Waals surface area contributed by atoms with E-state index in [2.05, 4.69) is 21.2 Å².